The Balaban J connectivity index is 1.53. The maximum absolute atomic E-state index is 5.29. The van der Waals surface area contributed by atoms with E-state index in [4.69, 9.17) is 4.52 Å². The third kappa shape index (κ3) is 3.03. The molecular weight excluding hydrogens is 298 g/mol. The van der Waals surface area contributed by atoms with E-state index < -0.39 is 0 Å². The zero-order chi connectivity index (χ0) is 16.2. The molecule has 24 heavy (non-hydrogen) atoms. The van der Waals surface area contributed by atoms with Crippen LogP contribution in [0.5, 0.6) is 0 Å². The number of hydrogen-bond donors (Lipinski definition) is 0. The largest absolute Gasteiger partial charge is 0.334 e. The van der Waals surface area contributed by atoms with Crippen molar-refractivity contribution in [2.45, 2.75) is 0 Å². The molecule has 0 aliphatic heterocycles. The lowest BCUT2D eigenvalue weighted by Crippen LogP contribution is -1.89. The van der Waals surface area contributed by atoms with E-state index in [1.807, 2.05) is 95.8 Å². The molecule has 4 aromatic rings. The topological polar surface area (TPSA) is 43.9 Å². The number of hydrogen-bond acceptors (Lipinski definition) is 3. The van der Waals surface area contributed by atoms with Crippen molar-refractivity contribution in [3.8, 4) is 17.1 Å². The SMILES string of the molecule is C(=C\c1nc(-c2ccc(-n3cccc3)cc2)no1)/c1ccccc1. The van der Waals surface area contributed by atoms with Gasteiger partial charge >= 0.3 is 0 Å². The fourth-order valence-electron chi connectivity index (χ4n) is 2.44. The quantitative estimate of drug-likeness (QED) is 0.548. The first-order valence-corrected chi connectivity index (χ1v) is 7.69. The molecule has 0 saturated carbocycles. The van der Waals surface area contributed by atoms with Crippen LogP contribution in [0.3, 0.4) is 0 Å². The molecule has 2 aromatic heterocycles. The molecule has 0 spiro atoms. The first kappa shape index (κ1) is 14.2. The average Bonchev–Trinajstić information content (AvgIpc) is 3.33. The highest BCUT2D eigenvalue weighted by molar-refractivity contribution is 5.67. The van der Waals surface area contributed by atoms with Crippen molar-refractivity contribution in [3.63, 3.8) is 0 Å². The summed E-state index contributed by atoms with van der Waals surface area (Å²) in [5, 5.41) is 4.05. The van der Waals surface area contributed by atoms with Gasteiger partial charge in [-0.1, -0.05) is 35.5 Å². The summed E-state index contributed by atoms with van der Waals surface area (Å²) in [6, 6.07) is 22.1. The molecule has 0 aliphatic carbocycles. The molecule has 4 heteroatoms. The Morgan fingerprint density at radius 1 is 0.792 bits per heavy atom. The van der Waals surface area contributed by atoms with Crippen molar-refractivity contribution in [1.82, 2.24) is 14.7 Å². The van der Waals surface area contributed by atoms with Crippen LogP contribution in [0.15, 0.2) is 83.6 Å². The Morgan fingerprint density at radius 3 is 2.29 bits per heavy atom. The highest BCUT2D eigenvalue weighted by atomic mass is 16.5. The molecule has 4 rings (SSSR count). The minimum Gasteiger partial charge on any atom is -0.334 e. The molecule has 0 bridgehead atoms. The van der Waals surface area contributed by atoms with E-state index in [0.29, 0.717) is 11.7 Å². The lowest BCUT2D eigenvalue weighted by Gasteiger charge is -2.02. The van der Waals surface area contributed by atoms with Gasteiger partial charge in [-0.15, -0.1) is 0 Å². The van der Waals surface area contributed by atoms with E-state index in [1.165, 1.54) is 0 Å². The van der Waals surface area contributed by atoms with E-state index in [9.17, 15) is 0 Å². The van der Waals surface area contributed by atoms with E-state index in [0.717, 1.165) is 16.8 Å². The molecule has 0 atom stereocenters. The first-order valence-electron chi connectivity index (χ1n) is 7.69. The summed E-state index contributed by atoms with van der Waals surface area (Å²) in [5.74, 6) is 1.07. The molecule has 0 N–H and O–H groups in total. The van der Waals surface area contributed by atoms with Crippen LogP contribution in [0.1, 0.15) is 11.5 Å². The van der Waals surface area contributed by atoms with Crippen LogP contribution in [0, 0.1) is 0 Å². The molecule has 2 heterocycles. The van der Waals surface area contributed by atoms with Crippen LogP contribution < -0.4 is 0 Å². The number of nitrogens with zero attached hydrogens (tertiary/aromatic N) is 3. The van der Waals surface area contributed by atoms with E-state index in [1.54, 1.807) is 0 Å². The van der Waals surface area contributed by atoms with Gasteiger partial charge in [0.25, 0.3) is 5.89 Å². The van der Waals surface area contributed by atoms with Crippen LogP contribution in [-0.4, -0.2) is 14.7 Å². The lowest BCUT2D eigenvalue weighted by molar-refractivity contribution is 0.411. The third-order valence-corrected chi connectivity index (χ3v) is 3.69. The third-order valence-electron chi connectivity index (χ3n) is 3.69. The van der Waals surface area contributed by atoms with Gasteiger partial charge < -0.3 is 9.09 Å². The normalized spacial score (nSPS) is 11.2. The van der Waals surface area contributed by atoms with Gasteiger partial charge in [0, 0.05) is 29.7 Å². The van der Waals surface area contributed by atoms with E-state index in [2.05, 4.69) is 10.1 Å². The minimum absolute atomic E-state index is 0.489. The Labute approximate surface area is 139 Å². The Kier molecular flexibility index (Phi) is 3.78. The van der Waals surface area contributed by atoms with Gasteiger partial charge in [0.1, 0.15) is 0 Å². The highest BCUT2D eigenvalue weighted by Gasteiger charge is 2.06. The van der Waals surface area contributed by atoms with Crippen molar-refractivity contribution in [3.05, 3.63) is 90.6 Å². The smallest absolute Gasteiger partial charge is 0.250 e. The summed E-state index contributed by atoms with van der Waals surface area (Å²) in [4.78, 5) is 4.42. The number of benzene rings is 2. The van der Waals surface area contributed by atoms with Gasteiger partial charge in [-0.2, -0.15) is 4.98 Å². The lowest BCUT2D eigenvalue weighted by atomic mass is 10.2. The van der Waals surface area contributed by atoms with E-state index in [-0.39, 0.29) is 0 Å². The van der Waals surface area contributed by atoms with Crippen LogP contribution in [0.25, 0.3) is 29.2 Å². The zero-order valence-corrected chi connectivity index (χ0v) is 12.9. The van der Waals surface area contributed by atoms with Crippen LogP contribution >= 0.6 is 0 Å². The van der Waals surface area contributed by atoms with Crippen molar-refractivity contribution in [2.75, 3.05) is 0 Å². The summed E-state index contributed by atoms with van der Waals surface area (Å²) < 4.78 is 7.34. The van der Waals surface area contributed by atoms with Crippen LogP contribution in [0.2, 0.25) is 0 Å². The van der Waals surface area contributed by atoms with Crippen molar-refractivity contribution in [2.24, 2.45) is 0 Å². The molecule has 0 aliphatic rings. The van der Waals surface area contributed by atoms with Gasteiger partial charge in [0.05, 0.1) is 0 Å². The molecule has 2 aromatic carbocycles. The maximum Gasteiger partial charge on any atom is 0.250 e. The highest BCUT2D eigenvalue weighted by Crippen LogP contribution is 2.19. The van der Waals surface area contributed by atoms with E-state index >= 15 is 0 Å². The van der Waals surface area contributed by atoms with Crippen molar-refractivity contribution in [1.29, 1.82) is 0 Å². The van der Waals surface area contributed by atoms with Crippen molar-refractivity contribution >= 4 is 12.2 Å². The zero-order valence-electron chi connectivity index (χ0n) is 12.9. The number of aromatic nitrogens is 3. The standard InChI is InChI=1S/C20H15N3O/c1-2-6-16(7-3-1)8-13-19-21-20(22-24-19)17-9-11-18(12-10-17)23-14-4-5-15-23/h1-15H/b13-8+. The molecular formula is C20H15N3O. The second kappa shape index (κ2) is 6.38. The minimum atomic E-state index is 0.489. The Morgan fingerprint density at radius 2 is 1.54 bits per heavy atom. The molecule has 4 nitrogen and oxygen atoms in total. The predicted molar refractivity (Wildman–Crippen MR) is 94.4 cm³/mol. The summed E-state index contributed by atoms with van der Waals surface area (Å²) in [6.07, 6.45) is 7.79. The molecule has 0 fully saturated rings. The first-order chi connectivity index (χ1) is 11.9. The monoisotopic (exact) mass is 313 g/mol. The Hall–Kier alpha value is -3.40. The number of rotatable bonds is 4. The second-order valence-corrected chi connectivity index (χ2v) is 5.34. The fourth-order valence-corrected chi connectivity index (χ4v) is 2.44. The summed E-state index contributed by atoms with van der Waals surface area (Å²) in [5.41, 5.74) is 3.11. The molecule has 0 unspecified atom stereocenters. The second-order valence-electron chi connectivity index (χ2n) is 5.34. The van der Waals surface area contributed by atoms with Crippen LogP contribution in [-0.2, 0) is 0 Å². The van der Waals surface area contributed by atoms with Gasteiger partial charge in [0.2, 0.25) is 5.82 Å². The average molecular weight is 313 g/mol. The van der Waals surface area contributed by atoms with Gasteiger partial charge in [-0.05, 0) is 48.0 Å². The van der Waals surface area contributed by atoms with Crippen molar-refractivity contribution < 1.29 is 4.52 Å². The predicted octanol–water partition coefficient (Wildman–Crippen LogP) is 4.70. The summed E-state index contributed by atoms with van der Waals surface area (Å²) in [6.45, 7) is 0. The molecule has 0 radical (unpaired) electrons. The fraction of sp³-hybridized carbons (Fsp3) is 0. The molecule has 116 valence electrons. The maximum atomic E-state index is 5.29. The Bertz CT molecular complexity index is 936. The molecule has 0 saturated heterocycles. The van der Waals surface area contributed by atoms with Crippen LogP contribution in [0.4, 0.5) is 0 Å². The summed E-state index contributed by atoms with van der Waals surface area (Å²) >= 11 is 0. The van der Waals surface area contributed by atoms with Gasteiger partial charge in [-0.3, -0.25) is 0 Å². The van der Waals surface area contributed by atoms with Gasteiger partial charge in [-0.25, -0.2) is 0 Å². The van der Waals surface area contributed by atoms with Gasteiger partial charge in [0.15, 0.2) is 0 Å². The molecule has 0 amide bonds. The summed E-state index contributed by atoms with van der Waals surface area (Å²) in [7, 11) is 0.